The summed E-state index contributed by atoms with van der Waals surface area (Å²) < 4.78 is 9.97. The maximum atomic E-state index is 11.3. The van der Waals surface area contributed by atoms with E-state index in [-0.39, 0.29) is 12.3 Å². The fourth-order valence-corrected chi connectivity index (χ4v) is 1.23. The molecule has 0 saturated carbocycles. The third kappa shape index (κ3) is 4.68. The van der Waals surface area contributed by atoms with Gasteiger partial charge < -0.3 is 9.47 Å². The molecule has 1 aromatic carbocycles. The zero-order valence-corrected chi connectivity index (χ0v) is 10.8. The molecule has 0 aliphatic carbocycles. The van der Waals surface area contributed by atoms with Crippen molar-refractivity contribution in [3.05, 3.63) is 24.3 Å². The summed E-state index contributed by atoms with van der Waals surface area (Å²) in [4.78, 5) is 11.3. The topological polar surface area (TPSA) is 83.7 Å². The molecule has 0 aliphatic heterocycles. The Morgan fingerprint density at radius 1 is 1.32 bits per heavy atom. The second kappa shape index (κ2) is 7.71. The minimum absolute atomic E-state index is 0.197. The van der Waals surface area contributed by atoms with E-state index < -0.39 is 5.97 Å². The number of hydrazone groups is 1. The molecule has 19 heavy (non-hydrogen) atoms. The number of nitriles is 1. The number of rotatable bonds is 6. The van der Waals surface area contributed by atoms with Gasteiger partial charge in [-0.15, -0.1) is 0 Å². The number of anilines is 1. The van der Waals surface area contributed by atoms with E-state index in [1.807, 2.05) is 6.92 Å². The van der Waals surface area contributed by atoms with Gasteiger partial charge in [-0.3, -0.25) is 5.43 Å². The standard InChI is InChI=1S/C13H15N3O3/c1-3-18-11-7-5-10(6-8-11)15-16-12(9-14)13(17)19-4-2/h5-8,15H,3-4H2,1-2H3/b16-12-. The lowest BCUT2D eigenvalue weighted by molar-refractivity contribution is -0.134. The number of ether oxygens (including phenoxy) is 2. The largest absolute Gasteiger partial charge is 0.494 e. The molecule has 0 aromatic heterocycles. The minimum Gasteiger partial charge on any atom is -0.494 e. The van der Waals surface area contributed by atoms with Gasteiger partial charge in [0.2, 0.25) is 5.71 Å². The SMILES string of the molecule is CCOC(=O)/C(C#N)=N\Nc1ccc(OCC)cc1. The summed E-state index contributed by atoms with van der Waals surface area (Å²) in [5.41, 5.74) is 2.93. The Kier molecular flexibility index (Phi) is 5.89. The van der Waals surface area contributed by atoms with E-state index in [0.29, 0.717) is 12.3 Å². The van der Waals surface area contributed by atoms with E-state index in [2.05, 4.69) is 15.3 Å². The lowest BCUT2D eigenvalue weighted by Crippen LogP contribution is -2.17. The normalized spacial score (nSPS) is 10.5. The second-order valence-corrected chi connectivity index (χ2v) is 3.36. The molecule has 0 aliphatic rings. The average Bonchev–Trinajstić information content (AvgIpc) is 2.42. The number of benzene rings is 1. The molecule has 6 nitrogen and oxygen atoms in total. The smallest absolute Gasteiger partial charge is 0.369 e. The Labute approximate surface area is 111 Å². The van der Waals surface area contributed by atoms with Gasteiger partial charge in [-0.25, -0.2) is 4.79 Å². The van der Waals surface area contributed by atoms with Crippen LogP contribution in [0, 0.1) is 11.3 Å². The lowest BCUT2D eigenvalue weighted by atomic mass is 10.3. The monoisotopic (exact) mass is 261 g/mol. The predicted octanol–water partition coefficient (Wildman–Crippen LogP) is 1.94. The number of hydrogen-bond acceptors (Lipinski definition) is 6. The summed E-state index contributed by atoms with van der Waals surface area (Å²) in [5, 5.41) is 12.5. The molecule has 1 rings (SSSR count). The molecule has 1 aromatic rings. The highest BCUT2D eigenvalue weighted by molar-refractivity contribution is 6.43. The first-order valence-electron chi connectivity index (χ1n) is 5.85. The molecular formula is C13H15N3O3. The maximum absolute atomic E-state index is 11.3. The van der Waals surface area contributed by atoms with Crippen LogP contribution in [0.15, 0.2) is 29.4 Å². The summed E-state index contributed by atoms with van der Waals surface area (Å²) in [5.74, 6) is -0.00799. The van der Waals surface area contributed by atoms with E-state index in [9.17, 15) is 4.79 Å². The number of esters is 1. The molecule has 6 heteroatoms. The minimum atomic E-state index is -0.747. The number of carbonyl (C=O) groups excluding carboxylic acids is 1. The van der Waals surface area contributed by atoms with Crippen LogP contribution >= 0.6 is 0 Å². The van der Waals surface area contributed by atoms with Crippen LogP contribution in [0.1, 0.15) is 13.8 Å². The van der Waals surface area contributed by atoms with Crippen molar-refractivity contribution >= 4 is 17.4 Å². The summed E-state index contributed by atoms with van der Waals surface area (Å²) in [7, 11) is 0. The summed E-state index contributed by atoms with van der Waals surface area (Å²) in [6.45, 7) is 4.34. The van der Waals surface area contributed by atoms with Crippen LogP contribution < -0.4 is 10.2 Å². The highest BCUT2D eigenvalue weighted by atomic mass is 16.5. The van der Waals surface area contributed by atoms with E-state index in [4.69, 9.17) is 10.00 Å². The Morgan fingerprint density at radius 2 is 2.00 bits per heavy atom. The van der Waals surface area contributed by atoms with Crippen molar-refractivity contribution in [1.82, 2.24) is 0 Å². The molecule has 1 N–H and O–H groups in total. The number of carbonyl (C=O) groups is 1. The van der Waals surface area contributed by atoms with E-state index in [1.165, 1.54) is 0 Å². The third-order valence-corrected chi connectivity index (χ3v) is 2.04. The third-order valence-electron chi connectivity index (χ3n) is 2.04. The molecule has 0 unspecified atom stereocenters. The van der Waals surface area contributed by atoms with E-state index in [1.54, 1.807) is 37.3 Å². The van der Waals surface area contributed by atoms with Crippen molar-refractivity contribution < 1.29 is 14.3 Å². The summed E-state index contributed by atoms with van der Waals surface area (Å²) in [6, 6.07) is 8.66. The van der Waals surface area contributed by atoms with Crippen molar-refractivity contribution in [3.63, 3.8) is 0 Å². The number of nitrogens with zero attached hydrogens (tertiary/aromatic N) is 2. The predicted molar refractivity (Wildman–Crippen MR) is 70.9 cm³/mol. The van der Waals surface area contributed by atoms with E-state index in [0.717, 1.165) is 5.75 Å². The van der Waals surface area contributed by atoms with Gasteiger partial charge in [0, 0.05) is 0 Å². The maximum Gasteiger partial charge on any atom is 0.369 e. The fraction of sp³-hybridized carbons (Fsp3) is 0.308. The van der Waals surface area contributed by atoms with Gasteiger partial charge in [-0.2, -0.15) is 10.4 Å². The zero-order chi connectivity index (χ0) is 14.1. The van der Waals surface area contributed by atoms with Crippen molar-refractivity contribution in [2.45, 2.75) is 13.8 Å². The van der Waals surface area contributed by atoms with Crippen molar-refractivity contribution in [2.24, 2.45) is 5.10 Å². The fourth-order valence-electron chi connectivity index (χ4n) is 1.23. The van der Waals surface area contributed by atoms with Crippen LogP contribution in [-0.2, 0) is 9.53 Å². The Bertz CT molecular complexity index is 489. The first-order valence-corrected chi connectivity index (χ1v) is 5.85. The number of hydrogen-bond donors (Lipinski definition) is 1. The highest BCUT2D eigenvalue weighted by Crippen LogP contribution is 2.15. The first kappa shape index (κ1) is 14.5. The van der Waals surface area contributed by atoms with Crippen LogP contribution in [-0.4, -0.2) is 24.9 Å². The van der Waals surface area contributed by atoms with Gasteiger partial charge in [-0.1, -0.05) is 0 Å². The van der Waals surface area contributed by atoms with Gasteiger partial charge in [0.1, 0.15) is 11.8 Å². The van der Waals surface area contributed by atoms with Gasteiger partial charge >= 0.3 is 5.97 Å². The van der Waals surface area contributed by atoms with Crippen molar-refractivity contribution in [2.75, 3.05) is 18.6 Å². The molecule has 0 saturated heterocycles. The molecule has 0 radical (unpaired) electrons. The molecule has 0 heterocycles. The van der Waals surface area contributed by atoms with Crippen LogP contribution in [0.25, 0.3) is 0 Å². The second-order valence-electron chi connectivity index (χ2n) is 3.36. The Hall–Kier alpha value is -2.55. The Morgan fingerprint density at radius 3 is 2.53 bits per heavy atom. The Balaban J connectivity index is 2.68. The molecule has 0 spiro atoms. The zero-order valence-electron chi connectivity index (χ0n) is 10.8. The van der Waals surface area contributed by atoms with Gasteiger partial charge in [-0.05, 0) is 38.1 Å². The lowest BCUT2D eigenvalue weighted by Gasteiger charge is -2.04. The van der Waals surface area contributed by atoms with Gasteiger partial charge in [0.25, 0.3) is 0 Å². The van der Waals surface area contributed by atoms with Crippen LogP contribution in [0.2, 0.25) is 0 Å². The summed E-state index contributed by atoms with van der Waals surface area (Å²) in [6.07, 6.45) is 0. The molecular weight excluding hydrogens is 246 g/mol. The van der Waals surface area contributed by atoms with Crippen molar-refractivity contribution in [1.29, 1.82) is 5.26 Å². The molecule has 0 fully saturated rings. The first-order chi connectivity index (χ1) is 9.21. The van der Waals surface area contributed by atoms with E-state index >= 15 is 0 Å². The van der Waals surface area contributed by atoms with Gasteiger partial charge in [0.15, 0.2) is 0 Å². The molecule has 100 valence electrons. The van der Waals surface area contributed by atoms with Gasteiger partial charge in [0.05, 0.1) is 18.9 Å². The quantitative estimate of drug-likeness (QED) is 0.480. The molecule has 0 bridgehead atoms. The molecule has 0 amide bonds. The van der Waals surface area contributed by atoms with Crippen LogP contribution in [0.3, 0.4) is 0 Å². The summed E-state index contributed by atoms with van der Waals surface area (Å²) >= 11 is 0. The van der Waals surface area contributed by atoms with Crippen molar-refractivity contribution in [3.8, 4) is 11.8 Å². The molecule has 0 atom stereocenters. The highest BCUT2D eigenvalue weighted by Gasteiger charge is 2.11. The van der Waals surface area contributed by atoms with Crippen LogP contribution in [0.4, 0.5) is 5.69 Å². The number of nitrogens with one attached hydrogen (secondary N) is 1. The average molecular weight is 261 g/mol. The van der Waals surface area contributed by atoms with Crippen LogP contribution in [0.5, 0.6) is 5.75 Å².